The third-order valence-electron chi connectivity index (χ3n) is 7.51. The van der Waals surface area contributed by atoms with Crippen LogP contribution in [0.5, 0.6) is 0 Å². The van der Waals surface area contributed by atoms with E-state index in [9.17, 15) is 4.79 Å². The zero-order valence-electron chi connectivity index (χ0n) is 25.0. The Kier molecular flexibility index (Phi) is 7.93. The highest BCUT2D eigenvalue weighted by atomic mass is 35.5. The first-order valence-electron chi connectivity index (χ1n) is 14.2. The number of hydrogen-bond donors (Lipinski definition) is 0. The van der Waals surface area contributed by atoms with Crippen LogP contribution < -0.4 is 0 Å². The Morgan fingerprint density at radius 3 is 1.95 bits per heavy atom. The van der Waals surface area contributed by atoms with E-state index in [2.05, 4.69) is 101 Å². The summed E-state index contributed by atoms with van der Waals surface area (Å²) in [6.45, 7) is 16.0. The van der Waals surface area contributed by atoms with Crippen molar-refractivity contribution in [3.8, 4) is 21.6 Å². The van der Waals surface area contributed by atoms with Crippen LogP contribution in [0.15, 0.2) is 78.9 Å². The molecular formula is C36H38ClNO2S. The molecule has 0 spiro atoms. The van der Waals surface area contributed by atoms with Crippen molar-refractivity contribution in [2.45, 2.75) is 65.8 Å². The van der Waals surface area contributed by atoms with Gasteiger partial charge in [-0.3, -0.25) is 0 Å². The summed E-state index contributed by atoms with van der Waals surface area (Å²) in [4.78, 5) is 14.8. The molecule has 0 fully saturated rings. The zero-order chi connectivity index (χ0) is 29.5. The van der Waals surface area contributed by atoms with Gasteiger partial charge in [-0.1, -0.05) is 114 Å². The normalized spacial score (nSPS) is 12.2. The fourth-order valence-corrected chi connectivity index (χ4v) is 6.65. The molecule has 0 aliphatic carbocycles. The lowest BCUT2D eigenvalue weighted by Crippen LogP contribution is -2.14. The number of thiophene rings is 1. The van der Waals surface area contributed by atoms with Gasteiger partial charge in [-0.05, 0) is 63.8 Å². The molecule has 0 aliphatic rings. The molecule has 5 rings (SSSR count). The number of nitrogens with zero attached hydrogens (tertiary/aromatic N) is 1. The van der Waals surface area contributed by atoms with Crippen molar-refractivity contribution in [2.24, 2.45) is 0 Å². The van der Waals surface area contributed by atoms with Crippen molar-refractivity contribution >= 4 is 39.1 Å². The maximum absolute atomic E-state index is 13.6. The first-order chi connectivity index (χ1) is 19.4. The van der Waals surface area contributed by atoms with Crippen molar-refractivity contribution in [1.29, 1.82) is 0 Å². The highest BCUT2D eigenvalue weighted by molar-refractivity contribution is 7.22. The van der Waals surface area contributed by atoms with Crippen LogP contribution in [-0.4, -0.2) is 17.1 Å². The third kappa shape index (κ3) is 6.00. The van der Waals surface area contributed by atoms with Gasteiger partial charge in [0, 0.05) is 22.0 Å². The molecule has 0 aliphatic heterocycles. The van der Waals surface area contributed by atoms with Crippen LogP contribution in [0.3, 0.4) is 0 Å². The maximum atomic E-state index is 13.6. The number of aromatic nitrogens is 1. The monoisotopic (exact) mass is 583 g/mol. The topological polar surface area (TPSA) is 31.2 Å². The summed E-state index contributed by atoms with van der Waals surface area (Å²) in [5.74, 6) is -0.316. The molecular weight excluding hydrogens is 546 g/mol. The maximum Gasteiger partial charge on any atom is 0.355 e. The van der Waals surface area contributed by atoms with Gasteiger partial charge in [0.1, 0.15) is 5.69 Å². The Labute approximate surface area is 252 Å². The van der Waals surface area contributed by atoms with E-state index in [1.165, 1.54) is 21.6 Å². The highest BCUT2D eigenvalue weighted by Gasteiger charge is 2.28. The molecule has 41 heavy (non-hydrogen) atoms. The number of rotatable bonds is 6. The van der Waals surface area contributed by atoms with Gasteiger partial charge in [-0.15, -0.1) is 11.3 Å². The molecule has 0 amide bonds. The number of esters is 1. The molecule has 0 saturated heterocycles. The fourth-order valence-electron chi connectivity index (χ4n) is 5.20. The Balaban J connectivity index is 1.75. The number of fused-ring (bicyclic) bond motifs is 1. The number of benzene rings is 3. The molecule has 2 heterocycles. The lowest BCUT2D eigenvalue weighted by atomic mass is 9.86. The standard InChI is InChI=1S/C36H38ClNO2S/c1-8-40-34(39)32-31(25-14-18-27(19-15-25)36(5,6)7)33-29(38(32)22-23-10-9-11-28(37)20-23)21-30(41-33)24-12-16-26(17-13-24)35(2,3)4/h9-21H,8,22H2,1-7H3. The van der Waals surface area contributed by atoms with Crippen molar-refractivity contribution < 1.29 is 9.53 Å². The molecule has 0 saturated carbocycles. The average molecular weight is 584 g/mol. The Bertz CT molecular complexity index is 1690. The number of carbonyl (C=O) groups excluding carboxylic acids is 1. The molecule has 3 aromatic carbocycles. The minimum absolute atomic E-state index is 0.0334. The minimum atomic E-state index is -0.316. The van der Waals surface area contributed by atoms with Gasteiger partial charge < -0.3 is 9.30 Å². The SMILES string of the molecule is CCOC(=O)c1c(-c2ccc(C(C)(C)C)cc2)c2sc(-c3ccc(C(C)(C)C)cc3)cc2n1Cc1cccc(Cl)c1. The summed E-state index contributed by atoms with van der Waals surface area (Å²) in [6.07, 6.45) is 0. The van der Waals surface area contributed by atoms with Crippen LogP contribution in [0.1, 0.15) is 75.6 Å². The molecule has 0 N–H and O–H groups in total. The van der Waals surface area contributed by atoms with Crippen LogP contribution in [0.2, 0.25) is 5.02 Å². The lowest BCUT2D eigenvalue weighted by molar-refractivity contribution is 0.0516. The van der Waals surface area contributed by atoms with Crippen molar-refractivity contribution in [2.75, 3.05) is 6.61 Å². The molecule has 212 valence electrons. The molecule has 0 bridgehead atoms. The highest BCUT2D eigenvalue weighted by Crippen LogP contribution is 2.44. The number of halogens is 1. The summed E-state index contributed by atoms with van der Waals surface area (Å²) >= 11 is 8.09. The van der Waals surface area contributed by atoms with E-state index < -0.39 is 0 Å². The summed E-state index contributed by atoms with van der Waals surface area (Å²) < 4.78 is 8.83. The second kappa shape index (κ2) is 11.2. The van der Waals surface area contributed by atoms with Gasteiger partial charge >= 0.3 is 5.97 Å². The molecule has 3 nitrogen and oxygen atoms in total. The lowest BCUT2D eigenvalue weighted by Gasteiger charge is -2.19. The Morgan fingerprint density at radius 1 is 0.829 bits per heavy atom. The molecule has 0 unspecified atom stereocenters. The van der Waals surface area contributed by atoms with E-state index in [0.717, 1.165) is 26.9 Å². The second-order valence-electron chi connectivity index (χ2n) is 12.6. The van der Waals surface area contributed by atoms with Gasteiger partial charge in [0.25, 0.3) is 0 Å². The van der Waals surface area contributed by atoms with Gasteiger partial charge in [-0.25, -0.2) is 4.79 Å². The predicted octanol–water partition coefficient (Wildman–Crippen LogP) is 10.5. The first-order valence-corrected chi connectivity index (χ1v) is 15.4. The summed E-state index contributed by atoms with van der Waals surface area (Å²) in [5.41, 5.74) is 8.39. The number of carbonyl (C=O) groups is 1. The summed E-state index contributed by atoms with van der Waals surface area (Å²) in [6, 6.07) is 27.5. The predicted molar refractivity (Wildman–Crippen MR) is 175 cm³/mol. The van der Waals surface area contributed by atoms with Crippen LogP contribution in [0.4, 0.5) is 0 Å². The summed E-state index contributed by atoms with van der Waals surface area (Å²) in [7, 11) is 0. The molecule has 2 aromatic heterocycles. The Morgan fingerprint density at radius 2 is 1.41 bits per heavy atom. The van der Waals surface area contributed by atoms with E-state index in [-0.39, 0.29) is 16.8 Å². The van der Waals surface area contributed by atoms with Gasteiger partial charge in [0.15, 0.2) is 0 Å². The third-order valence-corrected chi connectivity index (χ3v) is 8.94. The van der Waals surface area contributed by atoms with Crippen LogP contribution >= 0.6 is 22.9 Å². The van der Waals surface area contributed by atoms with Crippen molar-refractivity contribution in [3.63, 3.8) is 0 Å². The summed E-state index contributed by atoms with van der Waals surface area (Å²) in [5, 5.41) is 0.673. The molecule has 0 atom stereocenters. The quantitative estimate of drug-likeness (QED) is 0.186. The van der Waals surface area contributed by atoms with Gasteiger partial charge in [-0.2, -0.15) is 0 Å². The van der Waals surface area contributed by atoms with Crippen LogP contribution in [0.25, 0.3) is 31.8 Å². The van der Waals surface area contributed by atoms with Gasteiger partial charge in [0.05, 0.1) is 16.8 Å². The fraction of sp³-hybridized carbons (Fsp3) is 0.306. The van der Waals surface area contributed by atoms with Gasteiger partial charge in [0.2, 0.25) is 0 Å². The van der Waals surface area contributed by atoms with E-state index in [1.54, 1.807) is 11.3 Å². The number of ether oxygens (including phenoxy) is 1. The second-order valence-corrected chi connectivity index (χ2v) is 14.1. The largest absolute Gasteiger partial charge is 0.461 e. The van der Waals surface area contributed by atoms with Crippen LogP contribution in [-0.2, 0) is 22.1 Å². The van der Waals surface area contributed by atoms with E-state index >= 15 is 0 Å². The average Bonchev–Trinajstić information content (AvgIpc) is 3.46. The van der Waals surface area contributed by atoms with Crippen LogP contribution in [0, 0.1) is 0 Å². The van der Waals surface area contributed by atoms with E-state index in [0.29, 0.717) is 23.9 Å². The zero-order valence-corrected chi connectivity index (χ0v) is 26.5. The van der Waals surface area contributed by atoms with Crippen molar-refractivity contribution in [3.05, 3.63) is 106 Å². The smallest absolute Gasteiger partial charge is 0.355 e. The minimum Gasteiger partial charge on any atom is -0.461 e. The van der Waals surface area contributed by atoms with E-state index in [1.807, 2.05) is 31.2 Å². The van der Waals surface area contributed by atoms with E-state index in [4.69, 9.17) is 16.3 Å². The molecule has 5 heteroatoms. The number of hydrogen-bond acceptors (Lipinski definition) is 3. The Hall–Kier alpha value is -3.34. The first kappa shape index (κ1) is 29.2. The van der Waals surface area contributed by atoms with Crippen molar-refractivity contribution in [1.82, 2.24) is 4.57 Å². The molecule has 5 aromatic rings. The molecule has 0 radical (unpaired) electrons.